The number of para-hydroxylation sites is 2. The van der Waals surface area contributed by atoms with Gasteiger partial charge in [0.2, 0.25) is 0 Å². The molecular formula is C20H20N6. The van der Waals surface area contributed by atoms with Crippen molar-refractivity contribution >= 4 is 0 Å². The van der Waals surface area contributed by atoms with E-state index in [1.807, 2.05) is 83.9 Å². The van der Waals surface area contributed by atoms with E-state index in [-0.39, 0.29) is 6.04 Å². The van der Waals surface area contributed by atoms with Crippen LogP contribution in [0.25, 0.3) is 11.4 Å². The fraction of sp³-hybridized carbons (Fsp3) is 0.150. The predicted octanol–water partition coefficient (Wildman–Crippen LogP) is 3.30. The summed E-state index contributed by atoms with van der Waals surface area (Å²) in [5.74, 6) is 0. The fourth-order valence-electron chi connectivity index (χ4n) is 2.73. The van der Waals surface area contributed by atoms with Crippen LogP contribution < -0.4 is 5.32 Å². The van der Waals surface area contributed by atoms with Gasteiger partial charge >= 0.3 is 0 Å². The molecule has 0 aliphatic heterocycles. The minimum Gasteiger partial charge on any atom is -0.305 e. The molecule has 2 heterocycles. The molecule has 1 unspecified atom stereocenters. The second kappa shape index (κ2) is 7.33. The zero-order valence-electron chi connectivity index (χ0n) is 14.5. The van der Waals surface area contributed by atoms with E-state index in [0.29, 0.717) is 6.54 Å². The van der Waals surface area contributed by atoms with Crippen molar-refractivity contribution in [2.24, 2.45) is 0 Å². The highest BCUT2D eigenvalue weighted by Gasteiger charge is 2.11. The summed E-state index contributed by atoms with van der Waals surface area (Å²) in [5.41, 5.74) is 4.08. The molecule has 0 radical (unpaired) electrons. The van der Waals surface area contributed by atoms with Gasteiger partial charge in [0.15, 0.2) is 0 Å². The van der Waals surface area contributed by atoms with Gasteiger partial charge in [-0.15, -0.1) is 5.10 Å². The summed E-state index contributed by atoms with van der Waals surface area (Å²) < 4.78 is 3.67. The Kier molecular flexibility index (Phi) is 4.57. The largest absolute Gasteiger partial charge is 0.305 e. The number of hydrogen-bond donors (Lipinski definition) is 1. The third-order valence-electron chi connectivity index (χ3n) is 4.24. The highest BCUT2D eigenvalue weighted by molar-refractivity contribution is 5.31. The third kappa shape index (κ3) is 3.55. The number of hydrogen-bond acceptors (Lipinski definition) is 4. The average molecular weight is 344 g/mol. The molecule has 0 aliphatic carbocycles. The molecule has 2 aromatic heterocycles. The standard InChI is InChI=1S/C20H20N6/c1-16(20-15-26(24-23-20)19-10-6-3-7-11-19)21-12-17-13-22-25(14-17)18-8-4-2-5-9-18/h2-11,13-16,21H,12H2,1H3. The van der Waals surface area contributed by atoms with Crippen molar-refractivity contribution in [1.29, 1.82) is 0 Å². The van der Waals surface area contributed by atoms with Gasteiger partial charge in [-0.1, -0.05) is 41.6 Å². The molecule has 4 aromatic rings. The monoisotopic (exact) mass is 344 g/mol. The van der Waals surface area contributed by atoms with Crippen LogP contribution >= 0.6 is 0 Å². The summed E-state index contributed by atoms with van der Waals surface area (Å²) in [6.45, 7) is 2.80. The van der Waals surface area contributed by atoms with Gasteiger partial charge in [-0.25, -0.2) is 9.36 Å². The lowest BCUT2D eigenvalue weighted by molar-refractivity contribution is 0.560. The van der Waals surface area contributed by atoms with E-state index >= 15 is 0 Å². The fourth-order valence-corrected chi connectivity index (χ4v) is 2.73. The van der Waals surface area contributed by atoms with E-state index in [1.54, 1.807) is 4.68 Å². The molecule has 0 spiro atoms. The Labute approximate surface area is 152 Å². The van der Waals surface area contributed by atoms with Crippen LogP contribution in [0.3, 0.4) is 0 Å². The molecule has 1 atom stereocenters. The first-order valence-electron chi connectivity index (χ1n) is 8.59. The average Bonchev–Trinajstić information content (AvgIpc) is 3.37. The summed E-state index contributed by atoms with van der Waals surface area (Å²) in [5, 5.41) is 16.4. The lowest BCUT2D eigenvalue weighted by Crippen LogP contribution is -2.18. The van der Waals surface area contributed by atoms with E-state index in [4.69, 9.17) is 0 Å². The number of aromatic nitrogens is 5. The van der Waals surface area contributed by atoms with Gasteiger partial charge in [-0.3, -0.25) is 0 Å². The van der Waals surface area contributed by atoms with E-state index < -0.39 is 0 Å². The maximum Gasteiger partial charge on any atom is 0.0998 e. The molecule has 6 heteroatoms. The molecule has 6 nitrogen and oxygen atoms in total. The first-order chi connectivity index (χ1) is 12.8. The Balaban J connectivity index is 1.39. The molecule has 26 heavy (non-hydrogen) atoms. The Morgan fingerprint density at radius 3 is 2.23 bits per heavy atom. The van der Waals surface area contributed by atoms with Crippen molar-refractivity contribution in [1.82, 2.24) is 30.1 Å². The molecule has 0 saturated heterocycles. The molecule has 0 aliphatic rings. The van der Waals surface area contributed by atoms with Gasteiger partial charge in [0.05, 0.1) is 35.5 Å². The maximum atomic E-state index is 4.43. The summed E-state index contributed by atoms with van der Waals surface area (Å²) >= 11 is 0. The van der Waals surface area contributed by atoms with Gasteiger partial charge in [0.1, 0.15) is 0 Å². The minimum absolute atomic E-state index is 0.0903. The Morgan fingerprint density at radius 2 is 1.54 bits per heavy atom. The van der Waals surface area contributed by atoms with E-state index in [1.165, 1.54) is 0 Å². The van der Waals surface area contributed by atoms with Crippen LogP contribution in [0.4, 0.5) is 0 Å². The second-order valence-corrected chi connectivity index (χ2v) is 6.15. The number of benzene rings is 2. The highest BCUT2D eigenvalue weighted by atomic mass is 15.4. The smallest absolute Gasteiger partial charge is 0.0998 e. The molecule has 0 bridgehead atoms. The van der Waals surface area contributed by atoms with Gasteiger partial charge < -0.3 is 5.32 Å². The Hall–Kier alpha value is -3.25. The summed E-state index contributed by atoms with van der Waals surface area (Å²) in [6, 6.07) is 20.2. The molecule has 0 saturated carbocycles. The van der Waals surface area contributed by atoms with Crippen LogP contribution in [0.1, 0.15) is 24.2 Å². The minimum atomic E-state index is 0.0903. The zero-order valence-corrected chi connectivity index (χ0v) is 14.5. The lowest BCUT2D eigenvalue weighted by atomic mass is 10.2. The summed E-state index contributed by atoms with van der Waals surface area (Å²) in [4.78, 5) is 0. The third-order valence-corrected chi connectivity index (χ3v) is 4.24. The van der Waals surface area contributed by atoms with E-state index in [0.717, 1.165) is 22.6 Å². The van der Waals surface area contributed by atoms with Crippen molar-refractivity contribution in [3.8, 4) is 11.4 Å². The van der Waals surface area contributed by atoms with E-state index in [2.05, 4.69) is 27.7 Å². The summed E-state index contributed by atoms with van der Waals surface area (Å²) in [6.07, 6.45) is 5.88. The van der Waals surface area contributed by atoms with Crippen LogP contribution in [-0.2, 0) is 6.54 Å². The van der Waals surface area contributed by atoms with E-state index in [9.17, 15) is 0 Å². The van der Waals surface area contributed by atoms with Gasteiger partial charge in [0, 0.05) is 18.3 Å². The molecule has 130 valence electrons. The molecular weight excluding hydrogens is 324 g/mol. The van der Waals surface area contributed by atoms with Crippen molar-refractivity contribution in [2.45, 2.75) is 19.5 Å². The van der Waals surface area contributed by atoms with Crippen molar-refractivity contribution < 1.29 is 0 Å². The first kappa shape index (κ1) is 16.2. The number of rotatable bonds is 6. The van der Waals surface area contributed by atoms with Crippen LogP contribution in [0.15, 0.2) is 79.3 Å². The number of nitrogens with one attached hydrogen (secondary N) is 1. The second-order valence-electron chi connectivity index (χ2n) is 6.15. The van der Waals surface area contributed by atoms with Crippen molar-refractivity contribution in [3.63, 3.8) is 0 Å². The highest BCUT2D eigenvalue weighted by Crippen LogP contribution is 2.13. The van der Waals surface area contributed by atoms with Crippen LogP contribution in [-0.4, -0.2) is 24.8 Å². The van der Waals surface area contributed by atoms with Crippen molar-refractivity contribution in [3.05, 3.63) is 90.5 Å². The van der Waals surface area contributed by atoms with Crippen LogP contribution in [0.2, 0.25) is 0 Å². The molecule has 0 fully saturated rings. The SMILES string of the molecule is CC(NCc1cnn(-c2ccccc2)c1)c1cn(-c2ccccc2)nn1. The quantitative estimate of drug-likeness (QED) is 0.583. The first-order valence-corrected chi connectivity index (χ1v) is 8.59. The maximum absolute atomic E-state index is 4.43. The molecule has 4 rings (SSSR count). The Bertz CT molecular complexity index is 958. The number of nitrogens with zero attached hydrogens (tertiary/aromatic N) is 5. The molecule has 2 aromatic carbocycles. The lowest BCUT2D eigenvalue weighted by Gasteiger charge is -2.09. The van der Waals surface area contributed by atoms with Gasteiger partial charge in [-0.05, 0) is 31.2 Å². The topological polar surface area (TPSA) is 60.6 Å². The Morgan fingerprint density at radius 1 is 0.885 bits per heavy atom. The van der Waals surface area contributed by atoms with Gasteiger partial charge in [0.25, 0.3) is 0 Å². The van der Waals surface area contributed by atoms with Crippen LogP contribution in [0, 0.1) is 0 Å². The molecule has 1 N–H and O–H groups in total. The zero-order chi connectivity index (χ0) is 17.8. The van der Waals surface area contributed by atoms with Gasteiger partial charge in [-0.2, -0.15) is 5.10 Å². The van der Waals surface area contributed by atoms with Crippen LogP contribution in [0.5, 0.6) is 0 Å². The normalized spacial score (nSPS) is 12.2. The summed E-state index contributed by atoms with van der Waals surface area (Å²) in [7, 11) is 0. The van der Waals surface area contributed by atoms with Crippen molar-refractivity contribution in [2.75, 3.05) is 0 Å². The predicted molar refractivity (Wildman–Crippen MR) is 100 cm³/mol. The molecule has 0 amide bonds.